The van der Waals surface area contributed by atoms with Crippen LogP contribution < -0.4 is 5.32 Å². The van der Waals surface area contributed by atoms with Crippen molar-refractivity contribution in [2.75, 3.05) is 6.54 Å². The molecule has 1 unspecified atom stereocenters. The summed E-state index contributed by atoms with van der Waals surface area (Å²) in [6.07, 6.45) is 0.384. The van der Waals surface area contributed by atoms with E-state index in [1.54, 1.807) is 0 Å². The Balaban J connectivity index is 2.00. The molecule has 1 aromatic carbocycles. The summed E-state index contributed by atoms with van der Waals surface area (Å²) in [4.78, 5) is 25.9. The molecule has 1 aromatic rings. The Morgan fingerprint density at radius 2 is 1.85 bits per heavy atom. The van der Waals surface area contributed by atoms with Crippen molar-refractivity contribution in [1.29, 1.82) is 0 Å². The molecule has 2 rings (SSSR count). The Bertz CT molecular complexity index is 514. The van der Waals surface area contributed by atoms with Gasteiger partial charge in [-0.05, 0) is 39.8 Å². The Labute approximate surface area is 120 Å². The van der Waals surface area contributed by atoms with Crippen LogP contribution >= 0.6 is 0 Å². The van der Waals surface area contributed by atoms with Crippen LogP contribution in [0.2, 0.25) is 0 Å². The Morgan fingerprint density at radius 1 is 1.25 bits per heavy atom. The summed E-state index contributed by atoms with van der Waals surface area (Å²) in [5.41, 5.74) is 1.56. The number of nitrogens with zero attached hydrogens (tertiary/aromatic N) is 1. The molecule has 0 saturated carbocycles. The van der Waals surface area contributed by atoms with Gasteiger partial charge in [0.1, 0.15) is 0 Å². The summed E-state index contributed by atoms with van der Waals surface area (Å²) in [5, 5.41) is 2.95. The van der Waals surface area contributed by atoms with E-state index in [1.807, 2.05) is 56.9 Å². The zero-order valence-electron chi connectivity index (χ0n) is 12.6. The molecule has 0 aliphatic carbocycles. The fourth-order valence-corrected chi connectivity index (χ4v) is 2.43. The highest BCUT2D eigenvalue weighted by atomic mass is 16.2. The summed E-state index contributed by atoms with van der Waals surface area (Å²) < 4.78 is 0. The minimum absolute atomic E-state index is 0.101. The highest BCUT2D eigenvalue weighted by Gasteiger charge is 2.36. The van der Waals surface area contributed by atoms with Crippen molar-refractivity contribution in [2.45, 2.75) is 45.7 Å². The first-order chi connectivity index (χ1) is 9.27. The number of amides is 2. The van der Waals surface area contributed by atoms with Crippen molar-refractivity contribution >= 4 is 11.8 Å². The number of hydrogen-bond donors (Lipinski definition) is 1. The van der Waals surface area contributed by atoms with E-state index in [9.17, 15) is 9.59 Å². The summed E-state index contributed by atoms with van der Waals surface area (Å²) in [7, 11) is 0. The third-order valence-electron chi connectivity index (χ3n) is 3.58. The molecule has 1 atom stereocenters. The second-order valence-corrected chi connectivity index (χ2v) is 6.42. The van der Waals surface area contributed by atoms with E-state index in [1.165, 1.54) is 0 Å². The molecule has 1 fully saturated rings. The van der Waals surface area contributed by atoms with E-state index in [0.717, 1.165) is 5.56 Å². The van der Waals surface area contributed by atoms with Crippen LogP contribution in [0.4, 0.5) is 0 Å². The first-order valence-corrected chi connectivity index (χ1v) is 6.95. The van der Waals surface area contributed by atoms with E-state index in [4.69, 9.17) is 0 Å². The normalized spacial score (nSPS) is 19.3. The van der Waals surface area contributed by atoms with E-state index in [0.29, 0.717) is 18.5 Å². The lowest BCUT2D eigenvalue weighted by atomic mass is 10.1. The average molecular weight is 274 g/mol. The van der Waals surface area contributed by atoms with Gasteiger partial charge >= 0.3 is 0 Å². The zero-order chi connectivity index (χ0) is 14.9. The van der Waals surface area contributed by atoms with Crippen LogP contribution in [0, 0.1) is 6.92 Å². The van der Waals surface area contributed by atoms with Gasteiger partial charge < -0.3 is 10.2 Å². The first kappa shape index (κ1) is 14.6. The number of carbonyl (C=O) groups is 2. The maximum Gasteiger partial charge on any atom is 0.251 e. The number of aryl methyl sites for hydroxylation is 1. The van der Waals surface area contributed by atoms with E-state index in [2.05, 4.69) is 5.32 Å². The highest BCUT2D eigenvalue weighted by Crippen LogP contribution is 2.22. The van der Waals surface area contributed by atoms with Crippen molar-refractivity contribution in [3.05, 3.63) is 35.4 Å². The van der Waals surface area contributed by atoms with Crippen LogP contribution in [-0.2, 0) is 4.79 Å². The van der Waals surface area contributed by atoms with E-state index in [-0.39, 0.29) is 23.4 Å². The second kappa shape index (κ2) is 5.27. The van der Waals surface area contributed by atoms with Crippen LogP contribution in [-0.4, -0.2) is 34.8 Å². The number of nitrogens with one attached hydrogen (secondary N) is 1. The third kappa shape index (κ3) is 3.18. The van der Waals surface area contributed by atoms with Crippen molar-refractivity contribution in [1.82, 2.24) is 10.2 Å². The van der Waals surface area contributed by atoms with Crippen molar-refractivity contribution in [2.24, 2.45) is 0 Å². The van der Waals surface area contributed by atoms with Gasteiger partial charge in [0.15, 0.2) is 0 Å². The fourth-order valence-electron chi connectivity index (χ4n) is 2.43. The van der Waals surface area contributed by atoms with Gasteiger partial charge in [0.2, 0.25) is 5.91 Å². The number of carbonyl (C=O) groups excluding carboxylic acids is 2. The molecule has 1 aliphatic heterocycles. The van der Waals surface area contributed by atoms with Crippen LogP contribution in [0.5, 0.6) is 0 Å². The molecule has 1 heterocycles. The van der Waals surface area contributed by atoms with Gasteiger partial charge in [-0.2, -0.15) is 0 Å². The highest BCUT2D eigenvalue weighted by molar-refractivity contribution is 5.95. The molecular weight excluding hydrogens is 252 g/mol. The largest absolute Gasteiger partial charge is 0.347 e. The lowest BCUT2D eigenvalue weighted by Gasteiger charge is -2.32. The van der Waals surface area contributed by atoms with Crippen LogP contribution in [0.15, 0.2) is 24.3 Å². The average Bonchev–Trinajstić information content (AvgIpc) is 2.70. The number of hydrogen-bond acceptors (Lipinski definition) is 2. The predicted molar refractivity (Wildman–Crippen MR) is 78.5 cm³/mol. The van der Waals surface area contributed by atoms with Gasteiger partial charge in [0, 0.05) is 24.1 Å². The molecule has 1 aliphatic rings. The smallest absolute Gasteiger partial charge is 0.251 e. The quantitative estimate of drug-likeness (QED) is 0.898. The van der Waals surface area contributed by atoms with Crippen molar-refractivity contribution in [3.8, 4) is 0 Å². The molecule has 4 nitrogen and oxygen atoms in total. The standard InChI is InChI=1S/C16H22N2O2/c1-11-5-7-12(8-6-11)15(20)17-13-9-14(19)18(10-13)16(2,3)4/h5-8,13H,9-10H2,1-4H3,(H,17,20). The molecule has 4 heteroatoms. The van der Waals surface area contributed by atoms with Gasteiger partial charge in [-0.25, -0.2) is 0 Å². The number of rotatable bonds is 2. The number of likely N-dealkylation sites (tertiary alicyclic amines) is 1. The SMILES string of the molecule is Cc1ccc(C(=O)NC2CC(=O)N(C(C)(C)C)C2)cc1. The molecule has 1 saturated heterocycles. The van der Waals surface area contributed by atoms with Crippen molar-refractivity contribution < 1.29 is 9.59 Å². The first-order valence-electron chi connectivity index (χ1n) is 6.95. The minimum Gasteiger partial charge on any atom is -0.347 e. The fraction of sp³-hybridized carbons (Fsp3) is 0.500. The Hall–Kier alpha value is -1.84. The van der Waals surface area contributed by atoms with Gasteiger partial charge in [-0.15, -0.1) is 0 Å². The predicted octanol–water partition coefficient (Wildman–Crippen LogP) is 2.12. The van der Waals surface area contributed by atoms with Crippen LogP contribution in [0.3, 0.4) is 0 Å². The van der Waals surface area contributed by atoms with E-state index >= 15 is 0 Å². The maximum atomic E-state index is 12.1. The molecule has 1 N–H and O–H groups in total. The van der Waals surface area contributed by atoms with Gasteiger partial charge in [-0.3, -0.25) is 9.59 Å². The lowest BCUT2D eigenvalue weighted by molar-refractivity contribution is -0.131. The lowest BCUT2D eigenvalue weighted by Crippen LogP contribution is -2.44. The van der Waals surface area contributed by atoms with Crippen LogP contribution in [0.25, 0.3) is 0 Å². The number of benzene rings is 1. The summed E-state index contributed by atoms with van der Waals surface area (Å²) in [6.45, 7) is 8.59. The minimum atomic E-state index is -0.194. The maximum absolute atomic E-state index is 12.1. The molecule has 0 aromatic heterocycles. The van der Waals surface area contributed by atoms with Crippen LogP contribution in [0.1, 0.15) is 43.1 Å². The third-order valence-corrected chi connectivity index (χ3v) is 3.58. The zero-order valence-corrected chi connectivity index (χ0v) is 12.6. The summed E-state index contributed by atoms with van der Waals surface area (Å²) >= 11 is 0. The topological polar surface area (TPSA) is 49.4 Å². The molecular formula is C16H22N2O2. The van der Waals surface area contributed by atoms with Gasteiger partial charge in [0.05, 0.1) is 6.04 Å². The monoisotopic (exact) mass is 274 g/mol. The molecule has 0 bridgehead atoms. The molecule has 0 radical (unpaired) electrons. The van der Waals surface area contributed by atoms with Gasteiger partial charge in [0.25, 0.3) is 5.91 Å². The van der Waals surface area contributed by atoms with E-state index < -0.39 is 0 Å². The Kier molecular flexibility index (Phi) is 3.84. The molecule has 2 amide bonds. The summed E-state index contributed by atoms with van der Waals surface area (Å²) in [6, 6.07) is 7.34. The summed E-state index contributed by atoms with van der Waals surface area (Å²) in [5.74, 6) is -0.00901. The molecule has 0 spiro atoms. The Morgan fingerprint density at radius 3 is 2.35 bits per heavy atom. The molecule has 20 heavy (non-hydrogen) atoms. The molecule has 108 valence electrons. The van der Waals surface area contributed by atoms with Gasteiger partial charge in [-0.1, -0.05) is 17.7 Å². The second-order valence-electron chi connectivity index (χ2n) is 6.42. The van der Waals surface area contributed by atoms with Crippen molar-refractivity contribution in [3.63, 3.8) is 0 Å².